The van der Waals surface area contributed by atoms with Crippen molar-refractivity contribution in [1.29, 1.82) is 0 Å². The highest BCUT2D eigenvalue weighted by molar-refractivity contribution is 4.82. The van der Waals surface area contributed by atoms with Crippen LogP contribution in [0.5, 0.6) is 0 Å². The maximum atomic E-state index is 9.53. The van der Waals surface area contributed by atoms with Crippen LogP contribution in [0.1, 0.15) is 6.42 Å². The van der Waals surface area contributed by atoms with Crippen molar-refractivity contribution in [2.24, 2.45) is 0 Å². The Balaban J connectivity index is 1.86. The van der Waals surface area contributed by atoms with Crippen LogP contribution in [0.25, 0.3) is 0 Å². The Bertz CT molecular complexity index is 169. The van der Waals surface area contributed by atoms with Crippen molar-refractivity contribution in [2.45, 2.75) is 18.8 Å². The lowest BCUT2D eigenvalue weighted by Gasteiger charge is -2.36. The van der Waals surface area contributed by atoms with E-state index >= 15 is 0 Å². The van der Waals surface area contributed by atoms with E-state index < -0.39 is 6.29 Å². The third kappa shape index (κ3) is 2.02. The molecule has 0 bridgehead atoms. The molecule has 2 heterocycles. The van der Waals surface area contributed by atoms with Crippen LogP contribution in [0, 0.1) is 0 Å². The quantitative estimate of drug-likeness (QED) is 0.590. The highest BCUT2D eigenvalue weighted by Crippen LogP contribution is 2.18. The highest BCUT2D eigenvalue weighted by atomic mass is 16.6. The largest absolute Gasteiger partial charge is 0.367 e. The van der Waals surface area contributed by atoms with Gasteiger partial charge in [0.05, 0.1) is 12.6 Å². The molecule has 2 fully saturated rings. The van der Waals surface area contributed by atoms with Crippen LogP contribution in [0.4, 0.5) is 0 Å². The Morgan fingerprint density at radius 3 is 2.46 bits per heavy atom. The van der Waals surface area contributed by atoms with Crippen LogP contribution >= 0.6 is 0 Å². The molecule has 4 heteroatoms. The predicted octanol–water partition coefficient (Wildman–Crippen LogP) is -0.659. The van der Waals surface area contributed by atoms with Gasteiger partial charge in [0.2, 0.25) is 0 Å². The first kappa shape index (κ1) is 9.40. The van der Waals surface area contributed by atoms with Gasteiger partial charge in [0, 0.05) is 26.2 Å². The molecule has 2 saturated heterocycles. The Morgan fingerprint density at radius 2 is 1.92 bits per heavy atom. The van der Waals surface area contributed by atoms with E-state index in [1.165, 1.54) is 0 Å². The molecule has 0 spiro atoms. The van der Waals surface area contributed by atoms with Crippen LogP contribution in [-0.4, -0.2) is 67.1 Å². The fourth-order valence-electron chi connectivity index (χ4n) is 2.08. The number of hydrogen-bond donors (Lipinski definition) is 1. The fourth-order valence-corrected chi connectivity index (χ4v) is 2.08. The van der Waals surface area contributed by atoms with Gasteiger partial charge < -0.3 is 14.7 Å². The molecule has 2 aliphatic heterocycles. The Labute approximate surface area is 79.1 Å². The first-order valence-corrected chi connectivity index (χ1v) is 4.99. The smallest absolute Gasteiger partial charge is 0.170 e. The Kier molecular flexibility index (Phi) is 2.83. The van der Waals surface area contributed by atoms with E-state index in [-0.39, 0.29) is 6.04 Å². The molecule has 4 nitrogen and oxygen atoms in total. The lowest BCUT2D eigenvalue weighted by atomic mass is 10.2. The van der Waals surface area contributed by atoms with Crippen LogP contribution in [0.2, 0.25) is 0 Å². The molecule has 0 radical (unpaired) electrons. The van der Waals surface area contributed by atoms with E-state index in [1.807, 2.05) is 0 Å². The van der Waals surface area contributed by atoms with Gasteiger partial charge >= 0.3 is 0 Å². The van der Waals surface area contributed by atoms with Crippen molar-refractivity contribution in [2.75, 3.05) is 39.8 Å². The highest BCUT2D eigenvalue weighted by Gasteiger charge is 2.32. The van der Waals surface area contributed by atoms with Crippen molar-refractivity contribution in [3.63, 3.8) is 0 Å². The van der Waals surface area contributed by atoms with Crippen molar-refractivity contribution in [3.05, 3.63) is 0 Å². The molecule has 2 rings (SSSR count). The first-order valence-electron chi connectivity index (χ1n) is 4.99. The normalized spacial score (nSPS) is 38.3. The van der Waals surface area contributed by atoms with Gasteiger partial charge in [-0.1, -0.05) is 0 Å². The molecule has 0 aliphatic carbocycles. The number of aliphatic hydroxyl groups excluding tert-OH is 1. The second-order valence-electron chi connectivity index (χ2n) is 3.96. The molecule has 1 N–H and O–H groups in total. The van der Waals surface area contributed by atoms with E-state index in [9.17, 15) is 5.11 Å². The van der Waals surface area contributed by atoms with Crippen molar-refractivity contribution in [1.82, 2.24) is 9.80 Å². The molecular formula is C9H18N2O2. The molecule has 0 aromatic rings. The molecule has 0 saturated carbocycles. The number of nitrogens with zero attached hydrogens (tertiary/aromatic N) is 2. The minimum absolute atomic E-state index is 0.244. The summed E-state index contributed by atoms with van der Waals surface area (Å²) in [4.78, 5) is 4.66. The first-order chi connectivity index (χ1) is 6.27. The average Bonchev–Trinajstić information content (AvgIpc) is 2.53. The monoisotopic (exact) mass is 186 g/mol. The van der Waals surface area contributed by atoms with Crippen LogP contribution in [0.3, 0.4) is 0 Å². The lowest BCUT2D eigenvalue weighted by Crippen LogP contribution is -2.51. The zero-order valence-corrected chi connectivity index (χ0v) is 8.15. The number of piperazine rings is 1. The molecule has 76 valence electrons. The molecule has 0 aromatic carbocycles. The van der Waals surface area contributed by atoms with Crippen LogP contribution in [0.15, 0.2) is 0 Å². The summed E-state index contributed by atoms with van der Waals surface area (Å²) in [6.45, 7) is 5.02. The zero-order valence-electron chi connectivity index (χ0n) is 8.15. The van der Waals surface area contributed by atoms with Gasteiger partial charge in [0.25, 0.3) is 0 Å². The maximum absolute atomic E-state index is 9.53. The Hall–Kier alpha value is -0.160. The molecule has 2 atom stereocenters. The summed E-state index contributed by atoms with van der Waals surface area (Å²) in [5, 5.41) is 9.53. The SMILES string of the molecule is CN1CCN(C2CCOC2O)CC1. The van der Waals surface area contributed by atoms with Gasteiger partial charge in [-0.2, -0.15) is 0 Å². The minimum Gasteiger partial charge on any atom is -0.367 e. The van der Waals surface area contributed by atoms with Crippen molar-refractivity contribution < 1.29 is 9.84 Å². The Morgan fingerprint density at radius 1 is 1.23 bits per heavy atom. The van der Waals surface area contributed by atoms with Gasteiger partial charge in [0.1, 0.15) is 0 Å². The summed E-state index contributed by atoms with van der Waals surface area (Å²) >= 11 is 0. The summed E-state index contributed by atoms with van der Waals surface area (Å²) < 4.78 is 5.15. The van der Waals surface area contributed by atoms with Gasteiger partial charge in [-0.05, 0) is 13.5 Å². The predicted molar refractivity (Wildman–Crippen MR) is 49.4 cm³/mol. The maximum Gasteiger partial charge on any atom is 0.170 e. The van der Waals surface area contributed by atoms with Gasteiger partial charge in [0.15, 0.2) is 6.29 Å². The zero-order chi connectivity index (χ0) is 9.26. The standard InChI is InChI=1S/C9H18N2O2/c1-10-3-5-11(6-4-10)8-2-7-13-9(8)12/h8-9,12H,2-7H2,1H3. The van der Waals surface area contributed by atoms with E-state index in [2.05, 4.69) is 16.8 Å². The number of ether oxygens (including phenoxy) is 1. The molecular weight excluding hydrogens is 168 g/mol. The van der Waals surface area contributed by atoms with Gasteiger partial charge in [-0.25, -0.2) is 0 Å². The fraction of sp³-hybridized carbons (Fsp3) is 1.00. The van der Waals surface area contributed by atoms with Crippen LogP contribution < -0.4 is 0 Å². The summed E-state index contributed by atoms with van der Waals surface area (Å²) in [7, 11) is 2.14. The lowest BCUT2D eigenvalue weighted by molar-refractivity contribution is -0.0974. The summed E-state index contributed by atoms with van der Waals surface area (Å²) in [6.07, 6.45) is 0.425. The number of hydrogen-bond acceptors (Lipinski definition) is 4. The third-order valence-corrected chi connectivity index (χ3v) is 3.04. The van der Waals surface area contributed by atoms with Crippen molar-refractivity contribution in [3.8, 4) is 0 Å². The van der Waals surface area contributed by atoms with Crippen molar-refractivity contribution >= 4 is 0 Å². The minimum atomic E-state index is -0.552. The molecule has 13 heavy (non-hydrogen) atoms. The number of rotatable bonds is 1. The third-order valence-electron chi connectivity index (χ3n) is 3.04. The topological polar surface area (TPSA) is 35.9 Å². The number of likely N-dealkylation sites (N-methyl/N-ethyl adjacent to an activating group) is 1. The summed E-state index contributed by atoms with van der Waals surface area (Å²) in [5.74, 6) is 0. The summed E-state index contributed by atoms with van der Waals surface area (Å²) in [6, 6.07) is 0.244. The second-order valence-corrected chi connectivity index (χ2v) is 3.96. The molecule has 0 aromatic heterocycles. The van der Waals surface area contributed by atoms with E-state index in [0.717, 1.165) is 32.6 Å². The van der Waals surface area contributed by atoms with Crippen LogP contribution in [-0.2, 0) is 4.74 Å². The second kappa shape index (κ2) is 3.92. The van der Waals surface area contributed by atoms with Gasteiger partial charge in [-0.15, -0.1) is 0 Å². The molecule has 2 aliphatic rings. The molecule has 0 amide bonds. The van der Waals surface area contributed by atoms with Gasteiger partial charge in [-0.3, -0.25) is 4.90 Å². The number of aliphatic hydroxyl groups is 1. The van der Waals surface area contributed by atoms with E-state index in [1.54, 1.807) is 0 Å². The summed E-state index contributed by atoms with van der Waals surface area (Å²) in [5.41, 5.74) is 0. The molecule has 2 unspecified atom stereocenters. The average molecular weight is 186 g/mol. The van der Waals surface area contributed by atoms with E-state index in [0.29, 0.717) is 6.61 Å². The van der Waals surface area contributed by atoms with E-state index in [4.69, 9.17) is 4.74 Å².